The summed E-state index contributed by atoms with van der Waals surface area (Å²) < 4.78 is 6.28. The minimum atomic E-state index is -0.396. The van der Waals surface area contributed by atoms with Crippen molar-refractivity contribution >= 4 is 18.1 Å². The van der Waals surface area contributed by atoms with Gasteiger partial charge in [-0.3, -0.25) is 4.79 Å². The van der Waals surface area contributed by atoms with Gasteiger partial charge in [-0.05, 0) is 37.0 Å². The fourth-order valence-corrected chi connectivity index (χ4v) is 6.04. The fraction of sp³-hybridized carbons (Fsp3) is 0.500. The van der Waals surface area contributed by atoms with Crippen LogP contribution in [0.25, 0.3) is 0 Å². The Morgan fingerprint density at radius 2 is 1.73 bits per heavy atom. The van der Waals surface area contributed by atoms with Crippen LogP contribution >= 0.6 is 0 Å². The van der Waals surface area contributed by atoms with E-state index in [1.54, 1.807) is 30.6 Å². The lowest BCUT2D eigenvalue weighted by atomic mass is 9.49. The van der Waals surface area contributed by atoms with Crippen LogP contribution < -0.4 is 15.0 Å². The number of nitriles is 2. The van der Waals surface area contributed by atoms with Crippen LogP contribution in [0.2, 0.25) is 0 Å². The molecule has 2 aromatic rings. The number of aromatic nitrogens is 2. The maximum atomic E-state index is 13.1. The molecule has 192 valence electrons. The van der Waals surface area contributed by atoms with Gasteiger partial charge < -0.3 is 19.7 Å². The molecule has 0 atom stereocenters. The predicted molar refractivity (Wildman–Crippen MR) is 137 cm³/mol. The molecule has 1 aromatic carbocycles. The summed E-state index contributed by atoms with van der Waals surface area (Å²) in [6.45, 7) is 9.75. The highest BCUT2D eigenvalue weighted by atomic mass is 16.5. The molecule has 2 fully saturated rings. The van der Waals surface area contributed by atoms with Crippen LogP contribution in [-0.2, 0) is 4.79 Å². The number of carbonyl (C=O) groups excluding carboxylic acids is 2. The van der Waals surface area contributed by atoms with Crippen molar-refractivity contribution in [2.24, 2.45) is 16.7 Å². The predicted octanol–water partition coefficient (Wildman–Crippen LogP) is 3.64. The van der Waals surface area contributed by atoms with Gasteiger partial charge in [0.05, 0.1) is 16.7 Å². The van der Waals surface area contributed by atoms with E-state index < -0.39 is 10.8 Å². The highest BCUT2D eigenvalue weighted by molar-refractivity contribution is 5.94. The number of hydrogen-bond donors (Lipinski definition) is 1. The van der Waals surface area contributed by atoms with Crippen LogP contribution in [0.5, 0.6) is 5.75 Å². The number of anilines is 1. The number of amides is 1. The summed E-state index contributed by atoms with van der Waals surface area (Å²) in [6.07, 6.45) is 6.33. The van der Waals surface area contributed by atoms with Gasteiger partial charge in [0.15, 0.2) is 0 Å². The Morgan fingerprint density at radius 3 is 2.30 bits per heavy atom. The Hall–Kier alpha value is -3.98. The Kier molecular flexibility index (Phi) is 7.18. The minimum absolute atomic E-state index is 0.178. The summed E-state index contributed by atoms with van der Waals surface area (Å²) in [4.78, 5) is 34.8. The van der Waals surface area contributed by atoms with Crippen LogP contribution in [0.15, 0.2) is 30.6 Å². The van der Waals surface area contributed by atoms with Crippen molar-refractivity contribution in [1.82, 2.24) is 15.3 Å². The Balaban J connectivity index is 1.40. The smallest absolute Gasteiger partial charge is 0.254 e. The van der Waals surface area contributed by atoms with Gasteiger partial charge in [0.1, 0.15) is 30.3 Å². The third kappa shape index (κ3) is 4.99. The van der Waals surface area contributed by atoms with Crippen LogP contribution in [0, 0.1) is 39.4 Å². The molecular weight excluding hydrogens is 468 g/mol. The first-order valence-electron chi connectivity index (χ1n) is 12.5. The number of nitrogens with zero attached hydrogens (tertiary/aromatic N) is 5. The fourth-order valence-electron chi connectivity index (χ4n) is 6.04. The number of piperidine rings is 1. The molecule has 9 heteroatoms. The molecule has 1 N–H and O–H groups in total. The molecule has 0 bridgehead atoms. The third-order valence-corrected chi connectivity index (χ3v) is 7.83. The maximum absolute atomic E-state index is 13.1. The van der Waals surface area contributed by atoms with Crippen molar-refractivity contribution in [2.45, 2.75) is 59.1 Å². The molecule has 1 saturated carbocycles. The molecule has 0 unspecified atom stereocenters. The van der Waals surface area contributed by atoms with Gasteiger partial charge in [0, 0.05) is 48.8 Å². The normalized spacial score (nSPS) is 22.2. The molecule has 0 spiro atoms. The number of benzene rings is 1. The first-order chi connectivity index (χ1) is 17.6. The van der Waals surface area contributed by atoms with Crippen molar-refractivity contribution in [3.05, 3.63) is 47.3 Å². The minimum Gasteiger partial charge on any atom is -0.489 e. The summed E-state index contributed by atoms with van der Waals surface area (Å²) in [6, 6.07) is 8.73. The average Bonchev–Trinajstić information content (AvgIpc) is 2.90. The molecule has 2 aliphatic rings. The van der Waals surface area contributed by atoms with Crippen molar-refractivity contribution in [3.8, 4) is 17.9 Å². The molecule has 1 aliphatic heterocycles. The van der Waals surface area contributed by atoms with Crippen molar-refractivity contribution in [3.63, 3.8) is 0 Å². The van der Waals surface area contributed by atoms with Crippen LogP contribution in [0.1, 0.15) is 68.4 Å². The molecule has 2 heterocycles. The van der Waals surface area contributed by atoms with E-state index in [2.05, 4.69) is 20.2 Å². The first kappa shape index (κ1) is 26.1. The van der Waals surface area contributed by atoms with Gasteiger partial charge in [-0.25, -0.2) is 9.97 Å². The maximum Gasteiger partial charge on any atom is 0.254 e. The van der Waals surface area contributed by atoms with Crippen LogP contribution in [0.4, 0.5) is 5.95 Å². The van der Waals surface area contributed by atoms with Gasteiger partial charge in [-0.2, -0.15) is 10.5 Å². The summed E-state index contributed by atoms with van der Waals surface area (Å²) in [5.74, 6) is 1.29. The second-order valence-corrected chi connectivity index (χ2v) is 11.1. The lowest BCUT2D eigenvalue weighted by molar-refractivity contribution is -0.164. The number of ether oxygens (including phenoxy) is 1. The first-order valence-corrected chi connectivity index (χ1v) is 12.5. The van der Waals surface area contributed by atoms with Gasteiger partial charge >= 0.3 is 0 Å². The van der Waals surface area contributed by atoms with Crippen LogP contribution in [0.3, 0.4) is 0 Å². The molecule has 4 rings (SSSR count). The quantitative estimate of drug-likeness (QED) is 0.570. The number of carbonyl (C=O) groups is 2. The van der Waals surface area contributed by atoms with Gasteiger partial charge in [-0.15, -0.1) is 0 Å². The zero-order valence-corrected chi connectivity index (χ0v) is 21.7. The molecule has 1 amide bonds. The molecule has 1 aromatic heterocycles. The monoisotopic (exact) mass is 500 g/mol. The summed E-state index contributed by atoms with van der Waals surface area (Å²) >= 11 is 0. The zero-order valence-electron chi connectivity index (χ0n) is 21.7. The molecule has 9 nitrogen and oxygen atoms in total. The molecule has 1 saturated heterocycles. The van der Waals surface area contributed by atoms with Gasteiger partial charge in [-0.1, -0.05) is 27.7 Å². The van der Waals surface area contributed by atoms with Crippen molar-refractivity contribution in [2.75, 3.05) is 18.0 Å². The highest BCUT2D eigenvalue weighted by Gasteiger charge is 2.64. The van der Waals surface area contributed by atoms with E-state index in [-0.39, 0.29) is 23.6 Å². The Morgan fingerprint density at radius 1 is 1.11 bits per heavy atom. The van der Waals surface area contributed by atoms with E-state index in [9.17, 15) is 14.9 Å². The molecule has 1 aliphatic carbocycles. The number of aldehydes is 1. The second-order valence-electron chi connectivity index (χ2n) is 11.1. The average molecular weight is 501 g/mol. The summed E-state index contributed by atoms with van der Waals surface area (Å²) in [5, 5.41) is 21.6. The number of rotatable bonds is 7. The number of nitrogens with one attached hydrogen (secondary N) is 1. The lowest BCUT2D eigenvalue weighted by Gasteiger charge is -2.63. The van der Waals surface area contributed by atoms with E-state index >= 15 is 0 Å². The lowest BCUT2D eigenvalue weighted by Crippen LogP contribution is -2.74. The van der Waals surface area contributed by atoms with E-state index in [1.807, 2.05) is 39.8 Å². The highest BCUT2D eigenvalue weighted by Crippen LogP contribution is 2.55. The number of hydrogen-bond acceptors (Lipinski definition) is 8. The van der Waals surface area contributed by atoms with Gasteiger partial charge in [0.2, 0.25) is 5.95 Å². The van der Waals surface area contributed by atoms with E-state index in [4.69, 9.17) is 10.00 Å². The largest absolute Gasteiger partial charge is 0.489 e. The van der Waals surface area contributed by atoms with Crippen LogP contribution in [-0.4, -0.2) is 47.4 Å². The topological polar surface area (TPSA) is 132 Å². The van der Waals surface area contributed by atoms with E-state index in [0.29, 0.717) is 35.2 Å². The van der Waals surface area contributed by atoms with Gasteiger partial charge in [0.25, 0.3) is 5.91 Å². The standard InChI is InChI=1S/C28H32N6O3/c1-27(2)24(28(3,4)25(27)37-22-6-5-19(14-29)20(13-22)15-30)33-23(36)21-16-31-26(32-17-21)34-10-7-18(8-11-34)9-12-35/h5-6,12-13,16-18,24-25H,7-11H2,1-4H3,(H,33,36). The molecule has 0 radical (unpaired) electrons. The summed E-state index contributed by atoms with van der Waals surface area (Å²) in [7, 11) is 0. The third-order valence-electron chi connectivity index (χ3n) is 7.83. The Labute approximate surface area is 217 Å². The molecule has 37 heavy (non-hydrogen) atoms. The van der Waals surface area contributed by atoms with E-state index in [1.165, 1.54) is 0 Å². The van der Waals surface area contributed by atoms with Crippen molar-refractivity contribution < 1.29 is 14.3 Å². The van der Waals surface area contributed by atoms with E-state index in [0.717, 1.165) is 32.2 Å². The zero-order chi connectivity index (χ0) is 26.8. The molecular formula is C28H32N6O3. The van der Waals surface area contributed by atoms with Crippen molar-refractivity contribution in [1.29, 1.82) is 10.5 Å². The summed E-state index contributed by atoms with van der Waals surface area (Å²) in [5.41, 5.74) is 0.177. The SMILES string of the molecule is CC1(C)C(NC(=O)c2cnc(N3CCC(CC=O)CC3)nc2)C(C)(C)C1Oc1ccc(C#N)c(C#N)c1. The second kappa shape index (κ2) is 10.2. The Bertz CT molecular complexity index is 1230.